The summed E-state index contributed by atoms with van der Waals surface area (Å²) in [7, 11) is 0. The Labute approximate surface area is 143 Å². The number of allylic oxidation sites excluding steroid dienone is 1. The van der Waals surface area contributed by atoms with Crippen LogP contribution in [-0.4, -0.2) is 12.4 Å². The number of ether oxygens (including phenoxy) is 1. The lowest BCUT2D eigenvalue weighted by Gasteiger charge is -2.18. The second-order valence-electron chi connectivity index (χ2n) is 6.54. The molecule has 0 heterocycles. The number of carbonyl (C=O) groups is 1. The number of hydrogen-bond acceptors (Lipinski definition) is 3. The van der Waals surface area contributed by atoms with Gasteiger partial charge in [-0.25, -0.2) is 0 Å². The molecule has 0 N–H and O–H groups in total. The zero-order valence-corrected chi connectivity index (χ0v) is 14.2. The second-order valence-corrected chi connectivity index (χ2v) is 6.54. The molecule has 0 saturated carbocycles. The molecule has 0 saturated heterocycles. The van der Waals surface area contributed by atoms with Crippen molar-refractivity contribution < 1.29 is 9.53 Å². The third kappa shape index (κ3) is 4.82. The molecule has 0 bridgehead atoms. The van der Waals surface area contributed by atoms with Crippen LogP contribution < -0.4 is 4.74 Å². The maximum absolute atomic E-state index is 12.2. The molecule has 0 aliphatic heterocycles. The number of rotatable bonds is 5. The molecule has 0 aliphatic rings. The number of hydrogen-bond donors (Lipinski definition) is 0. The summed E-state index contributed by atoms with van der Waals surface area (Å²) >= 11 is 0. The van der Waals surface area contributed by atoms with Crippen LogP contribution in [0.2, 0.25) is 0 Å². The van der Waals surface area contributed by atoms with Gasteiger partial charge in [0.25, 0.3) is 0 Å². The summed E-state index contributed by atoms with van der Waals surface area (Å²) < 4.78 is 5.17. The molecule has 24 heavy (non-hydrogen) atoms. The lowest BCUT2D eigenvalue weighted by atomic mass is 9.87. The average molecular weight is 319 g/mol. The highest BCUT2D eigenvalue weighted by Gasteiger charge is 2.12. The smallest absolute Gasteiger partial charge is 0.185 e. The minimum absolute atomic E-state index is 0.00223. The molecule has 122 valence electrons. The first-order valence-electron chi connectivity index (χ1n) is 7.83. The summed E-state index contributed by atoms with van der Waals surface area (Å²) in [5.41, 5.74) is 2.96. The van der Waals surface area contributed by atoms with E-state index in [1.165, 1.54) is 5.56 Å². The Morgan fingerprint density at radius 2 is 1.71 bits per heavy atom. The van der Waals surface area contributed by atoms with E-state index in [0.717, 1.165) is 5.56 Å². The molecule has 0 amide bonds. The topological polar surface area (TPSA) is 50.1 Å². The van der Waals surface area contributed by atoms with Crippen molar-refractivity contribution in [3.63, 3.8) is 0 Å². The fourth-order valence-corrected chi connectivity index (χ4v) is 2.19. The quantitative estimate of drug-likeness (QED) is 0.588. The van der Waals surface area contributed by atoms with Gasteiger partial charge in [-0.05, 0) is 46.9 Å². The molecule has 0 aromatic heterocycles. The van der Waals surface area contributed by atoms with Crippen LogP contribution >= 0.6 is 0 Å². The summed E-state index contributed by atoms with van der Waals surface area (Å²) in [6.45, 7) is 6.51. The third-order valence-corrected chi connectivity index (χ3v) is 3.65. The van der Waals surface area contributed by atoms with E-state index in [1.807, 2.05) is 24.3 Å². The first-order chi connectivity index (χ1) is 11.4. The number of ketones is 1. The van der Waals surface area contributed by atoms with E-state index in [2.05, 4.69) is 32.9 Å². The van der Waals surface area contributed by atoms with Crippen LogP contribution in [0.25, 0.3) is 6.08 Å². The SMILES string of the molecule is CC(C)(C)c1ccc(/C=C/C(=O)c2ccc(OCC#N)cc2)cc1. The molecule has 2 aromatic carbocycles. The minimum atomic E-state index is -0.0678. The highest BCUT2D eigenvalue weighted by Crippen LogP contribution is 2.22. The van der Waals surface area contributed by atoms with Gasteiger partial charge in [0, 0.05) is 5.56 Å². The molecule has 0 fully saturated rings. The molecule has 2 rings (SSSR count). The molecular weight excluding hydrogens is 298 g/mol. The van der Waals surface area contributed by atoms with Crippen LogP contribution in [-0.2, 0) is 5.41 Å². The monoisotopic (exact) mass is 319 g/mol. The maximum atomic E-state index is 12.2. The third-order valence-electron chi connectivity index (χ3n) is 3.65. The molecule has 0 radical (unpaired) electrons. The Morgan fingerprint density at radius 1 is 1.08 bits per heavy atom. The van der Waals surface area contributed by atoms with E-state index < -0.39 is 0 Å². The van der Waals surface area contributed by atoms with Crippen molar-refractivity contribution in [1.29, 1.82) is 5.26 Å². The van der Waals surface area contributed by atoms with Crippen molar-refractivity contribution in [3.8, 4) is 11.8 Å². The Bertz CT molecular complexity index is 757. The second kappa shape index (κ2) is 7.61. The number of nitriles is 1. The number of carbonyl (C=O) groups excluding carboxylic acids is 1. The first-order valence-corrected chi connectivity index (χ1v) is 7.83. The van der Waals surface area contributed by atoms with Gasteiger partial charge in [-0.2, -0.15) is 5.26 Å². The van der Waals surface area contributed by atoms with Gasteiger partial charge in [0.05, 0.1) is 0 Å². The van der Waals surface area contributed by atoms with Crippen molar-refractivity contribution in [2.24, 2.45) is 0 Å². The summed E-state index contributed by atoms with van der Waals surface area (Å²) in [5, 5.41) is 8.47. The highest BCUT2D eigenvalue weighted by atomic mass is 16.5. The van der Waals surface area contributed by atoms with Gasteiger partial charge < -0.3 is 4.74 Å². The molecule has 2 aromatic rings. The van der Waals surface area contributed by atoms with Crippen LogP contribution in [0.3, 0.4) is 0 Å². The summed E-state index contributed by atoms with van der Waals surface area (Å²) in [6, 6.07) is 16.9. The van der Waals surface area contributed by atoms with E-state index in [4.69, 9.17) is 10.00 Å². The van der Waals surface area contributed by atoms with Gasteiger partial charge in [0.2, 0.25) is 0 Å². The first kappa shape index (κ1) is 17.5. The predicted molar refractivity (Wildman–Crippen MR) is 96.1 cm³/mol. The van der Waals surface area contributed by atoms with Gasteiger partial charge in [0.15, 0.2) is 12.4 Å². The van der Waals surface area contributed by atoms with E-state index in [-0.39, 0.29) is 17.8 Å². The summed E-state index contributed by atoms with van der Waals surface area (Å²) in [6.07, 6.45) is 3.38. The van der Waals surface area contributed by atoms with E-state index in [1.54, 1.807) is 30.3 Å². The van der Waals surface area contributed by atoms with Crippen molar-refractivity contribution in [2.75, 3.05) is 6.61 Å². The number of nitrogens with zero attached hydrogens (tertiary/aromatic N) is 1. The van der Waals surface area contributed by atoms with E-state index in [9.17, 15) is 4.79 Å². The molecule has 3 nitrogen and oxygen atoms in total. The van der Waals surface area contributed by atoms with Crippen molar-refractivity contribution >= 4 is 11.9 Å². The fourth-order valence-electron chi connectivity index (χ4n) is 2.19. The molecule has 0 aliphatic carbocycles. The molecule has 0 atom stereocenters. The van der Waals surface area contributed by atoms with Crippen LogP contribution in [0.4, 0.5) is 0 Å². The van der Waals surface area contributed by atoms with Gasteiger partial charge >= 0.3 is 0 Å². The van der Waals surface area contributed by atoms with Gasteiger partial charge in [-0.1, -0.05) is 51.1 Å². The molecular formula is C21H21NO2. The van der Waals surface area contributed by atoms with Crippen molar-refractivity contribution in [1.82, 2.24) is 0 Å². The van der Waals surface area contributed by atoms with E-state index in [0.29, 0.717) is 11.3 Å². The lowest BCUT2D eigenvalue weighted by molar-refractivity contribution is 0.104. The van der Waals surface area contributed by atoms with E-state index >= 15 is 0 Å². The Balaban J connectivity index is 2.03. The van der Waals surface area contributed by atoms with Gasteiger partial charge in [-0.3, -0.25) is 4.79 Å². The largest absolute Gasteiger partial charge is 0.479 e. The summed E-state index contributed by atoms with van der Waals surface area (Å²) in [5.74, 6) is 0.511. The number of benzene rings is 2. The highest BCUT2D eigenvalue weighted by molar-refractivity contribution is 6.06. The van der Waals surface area contributed by atoms with Crippen molar-refractivity contribution in [2.45, 2.75) is 26.2 Å². The van der Waals surface area contributed by atoms with Crippen LogP contribution in [0, 0.1) is 11.3 Å². The van der Waals surface area contributed by atoms with Gasteiger partial charge in [0.1, 0.15) is 11.8 Å². The van der Waals surface area contributed by atoms with Gasteiger partial charge in [-0.15, -0.1) is 0 Å². The van der Waals surface area contributed by atoms with Crippen LogP contribution in [0.5, 0.6) is 5.75 Å². The average Bonchev–Trinajstić information content (AvgIpc) is 2.58. The van der Waals surface area contributed by atoms with Crippen LogP contribution in [0.15, 0.2) is 54.6 Å². The molecule has 0 spiro atoms. The zero-order valence-electron chi connectivity index (χ0n) is 14.2. The summed E-state index contributed by atoms with van der Waals surface area (Å²) in [4.78, 5) is 12.2. The minimum Gasteiger partial charge on any atom is -0.479 e. The Kier molecular flexibility index (Phi) is 5.55. The Morgan fingerprint density at radius 3 is 2.25 bits per heavy atom. The molecule has 3 heteroatoms. The lowest BCUT2D eigenvalue weighted by Crippen LogP contribution is -2.10. The fraction of sp³-hybridized carbons (Fsp3) is 0.238. The standard InChI is InChI=1S/C21H21NO2/c1-21(2,3)18-9-4-16(5-10-18)6-13-20(23)17-7-11-19(12-8-17)24-15-14-22/h4-13H,15H2,1-3H3/b13-6+. The predicted octanol–water partition coefficient (Wildman–Crippen LogP) is 4.78. The molecule has 0 unspecified atom stereocenters. The zero-order chi connectivity index (χ0) is 17.6. The maximum Gasteiger partial charge on any atom is 0.185 e. The Hall–Kier alpha value is -2.86. The normalized spacial score (nSPS) is 11.2. The van der Waals surface area contributed by atoms with Crippen LogP contribution in [0.1, 0.15) is 42.3 Å². The van der Waals surface area contributed by atoms with Crippen molar-refractivity contribution in [3.05, 3.63) is 71.3 Å².